The van der Waals surface area contributed by atoms with Crippen molar-refractivity contribution in [3.8, 4) is 0 Å². The summed E-state index contributed by atoms with van der Waals surface area (Å²) in [6.07, 6.45) is 1.88. The molecule has 14 heavy (non-hydrogen) atoms. The van der Waals surface area contributed by atoms with Crippen LogP contribution in [-0.4, -0.2) is 36.9 Å². The Labute approximate surface area is 84.6 Å². The van der Waals surface area contributed by atoms with E-state index in [2.05, 4.69) is 5.32 Å². The number of piperidine rings is 1. The van der Waals surface area contributed by atoms with E-state index in [0.29, 0.717) is 19.3 Å². The van der Waals surface area contributed by atoms with Gasteiger partial charge in [0.05, 0.1) is 18.6 Å². The van der Waals surface area contributed by atoms with Crippen LogP contribution < -0.4 is 5.32 Å². The highest BCUT2D eigenvalue weighted by Crippen LogP contribution is 2.30. The van der Waals surface area contributed by atoms with Gasteiger partial charge in [0.1, 0.15) is 0 Å². The minimum Gasteiger partial charge on any atom is -0.469 e. The highest BCUT2D eigenvalue weighted by atomic mass is 16.5. The van der Waals surface area contributed by atoms with Crippen LogP contribution in [0.2, 0.25) is 0 Å². The monoisotopic (exact) mass is 201 g/mol. The van der Waals surface area contributed by atoms with E-state index in [0.717, 1.165) is 13.1 Å². The van der Waals surface area contributed by atoms with Crippen molar-refractivity contribution in [2.45, 2.75) is 31.8 Å². The zero-order valence-corrected chi connectivity index (χ0v) is 8.88. The molecule has 1 unspecified atom stereocenters. The van der Waals surface area contributed by atoms with Crippen molar-refractivity contribution >= 4 is 5.97 Å². The fraction of sp³-hybridized carbons (Fsp3) is 0.900. The molecular formula is C10H19NO3. The molecule has 0 spiro atoms. The number of carbonyl (C=O) groups excluding carboxylic acids is 1. The molecule has 4 nitrogen and oxygen atoms in total. The lowest BCUT2D eigenvalue weighted by Gasteiger charge is -2.37. The van der Waals surface area contributed by atoms with Gasteiger partial charge in [-0.3, -0.25) is 4.79 Å². The van der Waals surface area contributed by atoms with E-state index in [-0.39, 0.29) is 11.9 Å². The van der Waals surface area contributed by atoms with Crippen LogP contribution in [0.3, 0.4) is 0 Å². The number of aliphatic hydroxyl groups is 1. The number of carbonyl (C=O) groups is 1. The molecule has 0 bridgehead atoms. The average Bonchev–Trinajstić information content (AvgIpc) is 2.19. The Balaban J connectivity index is 2.70. The van der Waals surface area contributed by atoms with Gasteiger partial charge < -0.3 is 15.2 Å². The van der Waals surface area contributed by atoms with E-state index >= 15 is 0 Å². The first-order valence-corrected chi connectivity index (χ1v) is 5.15. The van der Waals surface area contributed by atoms with Crippen molar-refractivity contribution < 1.29 is 14.6 Å². The van der Waals surface area contributed by atoms with Crippen LogP contribution in [0.15, 0.2) is 0 Å². The summed E-state index contributed by atoms with van der Waals surface area (Å²) in [5.41, 5.74) is -0.868. The maximum Gasteiger partial charge on any atom is 0.311 e. The second kappa shape index (κ2) is 4.75. The van der Waals surface area contributed by atoms with Crippen LogP contribution in [0.1, 0.15) is 26.2 Å². The molecule has 1 rings (SSSR count). The fourth-order valence-electron chi connectivity index (χ4n) is 2.12. The van der Waals surface area contributed by atoms with Crippen LogP contribution in [0.4, 0.5) is 0 Å². The van der Waals surface area contributed by atoms with E-state index < -0.39 is 5.60 Å². The number of hydrogen-bond acceptors (Lipinski definition) is 4. The van der Waals surface area contributed by atoms with Crippen LogP contribution in [0, 0.1) is 5.92 Å². The number of hydrogen-bond donors (Lipinski definition) is 2. The SMILES string of the molecule is CCC(C(=O)OC)C1(O)CCNCC1. The molecule has 1 atom stereocenters. The quantitative estimate of drug-likeness (QED) is 0.645. The third-order valence-corrected chi connectivity index (χ3v) is 3.01. The first kappa shape index (κ1) is 11.5. The zero-order valence-electron chi connectivity index (χ0n) is 8.88. The molecule has 1 aliphatic heterocycles. The first-order valence-electron chi connectivity index (χ1n) is 5.15. The highest BCUT2D eigenvalue weighted by molar-refractivity contribution is 5.73. The highest BCUT2D eigenvalue weighted by Gasteiger charge is 2.41. The summed E-state index contributed by atoms with van der Waals surface area (Å²) in [4.78, 5) is 11.4. The van der Waals surface area contributed by atoms with Crippen LogP contribution in [0.5, 0.6) is 0 Å². The molecule has 0 aromatic rings. The Hall–Kier alpha value is -0.610. The lowest BCUT2D eigenvalue weighted by molar-refractivity contribution is -0.158. The number of ether oxygens (including phenoxy) is 1. The van der Waals surface area contributed by atoms with Gasteiger partial charge in [-0.2, -0.15) is 0 Å². The van der Waals surface area contributed by atoms with E-state index in [1.165, 1.54) is 7.11 Å². The van der Waals surface area contributed by atoms with E-state index in [1.807, 2.05) is 6.92 Å². The largest absolute Gasteiger partial charge is 0.469 e. The number of nitrogens with one attached hydrogen (secondary N) is 1. The average molecular weight is 201 g/mol. The Morgan fingerprint density at radius 1 is 1.57 bits per heavy atom. The molecule has 0 saturated carbocycles. The Morgan fingerprint density at radius 3 is 2.57 bits per heavy atom. The standard InChI is InChI=1S/C10H19NO3/c1-3-8(9(12)14-2)10(13)4-6-11-7-5-10/h8,11,13H,3-7H2,1-2H3. The topological polar surface area (TPSA) is 58.6 Å². The number of esters is 1. The molecule has 1 aliphatic rings. The Kier molecular flexibility index (Phi) is 3.89. The summed E-state index contributed by atoms with van der Waals surface area (Å²) < 4.78 is 4.70. The number of rotatable bonds is 3. The van der Waals surface area contributed by atoms with Gasteiger partial charge in [-0.25, -0.2) is 0 Å². The van der Waals surface area contributed by atoms with Crippen molar-refractivity contribution in [3.63, 3.8) is 0 Å². The Morgan fingerprint density at radius 2 is 2.14 bits per heavy atom. The van der Waals surface area contributed by atoms with Crippen molar-refractivity contribution in [2.24, 2.45) is 5.92 Å². The lowest BCUT2D eigenvalue weighted by atomic mass is 9.78. The zero-order chi connectivity index (χ0) is 10.6. The smallest absolute Gasteiger partial charge is 0.311 e. The van der Waals surface area contributed by atoms with E-state index in [4.69, 9.17) is 4.74 Å². The first-order chi connectivity index (χ1) is 6.64. The summed E-state index contributed by atoms with van der Waals surface area (Å²) >= 11 is 0. The van der Waals surface area contributed by atoms with Gasteiger partial charge in [-0.1, -0.05) is 6.92 Å². The van der Waals surface area contributed by atoms with Gasteiger partial charge in [0.15, 0.2) is 0 Å². The second-order valence-corrected chi connectivity index (χ2v) is 3.84. The molecule has 1 heterocycles. The van der Waals surface area contributed by atoms with Crippen molar-refractivity contribution in [1.29, 1.82) is 0 Å². The molecule has 1 fully saturated rings. The molecule has 2 N–H and O–H groups in total. The summed E-state index contributed by atoms with van der Waals surface area (Å²) in [5.74, 6) is -0.675. The maximum absolute atomic E-state index is 11.4. The lowest BCUT2D eigenvalue weighted by Crippen LogP contribution is -2.50. The summed E-state index contributed by atoms with van der Waals surface area (Å²) in [7, 11) is 1.37. The Bertz CT molecular complexity index is 200. The molecule has 4 heteroatoms. The normalized spacial score (nSPS) is 22.8. The molecule has 82 valence electrons. The summed E-state index contributed by atoms with van der Waals surface area (Å²) in [5, 5.41) is 13.5. The maximum atomic E-state index is 11.4. The van der Waals surface area contributed by atoms with Gasteiger partial charge in [-0.05, 0) is 32.4 Å². The van der Waals surface area contributed by atoms with E-state index in [9.17, 15) is 9.90 Å². The second-order valence-electron chi connectivity index (χ2n) is 3.84. The molecule has 0 aromatic heterocycles. The molecule has 0 aliphatic carbocycles. The van der Waals surface area contributed by atoms with E-state index in [1.54, 1.807) is 0 Å². The third-order valence-electron chi connectivity index (χ3n) is 3.01. The van der Waals surface area contributed by atoms with Crippen LogP contribution in [0.25, 0.3) is 0 Å². The van der Waals surface area contributed by atoms with Gasteiger partial charge in [-0.15, -0.1) is 0 Å². The van der Waals surface area contributed by atoms with Gasteiger partial charge in [0.2, 0.25) is 0 Å². The number of methoxy groups -OCH3 is 1. The van der Waals surface area contributed by atoms with Crippen molar-refractivity contribution in [1.82, 2.24) is 5.32 Å². The third kappa shape index (κ3) is 2.25. The summed E-state index contributed by atoms with van der Waals surface area (Å²) in [6, 6.07) is 0. The van der Waals surface area contributed by atoms with Crippen molar-refractivity contribution in [2.75, 3.05) is 20.2 Å². The fourth-order valence-corrected chi connectivity index (χ4v) is 2.12. The molecular weight excluding hydrogens is 182 g/mol. The summed E-state index contributed by atoms with van der Waals surface area (Å²) in [6.45, 7) is 3.44. The minimum absolute atomic E-state index is 0.295. The van der Waals surface area contributed by atoms with Gasteiger partial charge >= 0.3 is 5.97 Å². The van der Waals surface area contributed by atoms with Gasteiger partial charge in [0.25, 0.3) is 0 Å². The predicted octanol–water partition coefficient (Wildman–Crippen LogP) is 0.300. The molecule has 1 saturated heterocycles. The van der Waals surface area contributed by atoms with Crippen molar-refractivity contribution in [3.05, 3.63) is 0 Å². The molecule has 0 amide bonds. The predicted molar refractivity (Wildman–Crippen MR) is 52.9 cm³/mol. The molecule has 0 aromatic carbocycles. The van der Waals surface area contributed by atoms with Crippen LogP contribution >= 0.6 is 0 Å². The molecule has 0 radical (unpaired) electrons. The van der Waals surface area contributed by atoms with Gasteiger partial charge in [0, 0.05) is 0 Å². The minimum atomic E-state index is -0.868. The van der Waals surface area contributed by atoms with Crippen LogP contribution in [-0.2, 0) is 9.53 Å².